The summed E-state index contributed by atoms with van der Waals surface area (Å²) < 4.78 is 15.9. The molecule has 0 radical (unpaired) electrons. The Morgan fingerprint density at radius 2 is 2.22 bits per heavy atom. The summed E-state index contributed by atoms with van der Waals surface area (Å²) in [5.74, 6) is 0.775. The van der Waals surface area contributed by atoms with Crippen LogP contribution >= 0.6 is 11.6 Å². The molecule has 0 saturated carbocycles. The molecule has 0 aromatic heterocycles. The van der Waals surface area contributed by atoms with Crippen molar-refractivity contribution in [2.45, 2.75) is 6.10 Å². The molecule has 18 heavy (non-hydrogen) atoms. The van der Waals surface area contributed by atoms with Crippen LogP contribution in [0.5, 0.6) is 17.2 Å². The van der Waals surface area contributed by atoms with E-state index in [1.54, 1.807) is 6.07 Å². The molecule has 6 heteroatoms. The van der Waals surface area contributed by atoms with Crippen LogP contribution in [-0.2, 0) is 4.74 Å². The highest BCUT2D eigenvalue weighted by molar-refractivity contribution is 6.33. The summed E-state index contributed by atoms with van der Waals surface area (Å²) in [6.07, 6.45) is -0.240. The first kappa shape index (κ1) is 13.3. The van der Waals surface area contributed by atoms with Gasteiger partial charge >= 0.3 is 0 Å². The lowest BCUT2D eigenvalue weighted by Crippen LogP contribution is -2.33. The molecule has 2 rings (SSSR count). The zero-order chi connectivity index (χ0) is 13.1. The van der Waals surface area contributed by atoms with Crippen molar-refractivity contribution in [1.29, 1.82) is 0 Å². The maximum absolute atomic E-state index is 10.1. The number of methoxy groups -OCH3 is 2. The molecule has 1 unspecified atom stereocenters. The van der Waals surface area contributed by atoms with Gasteiger partial charge in [-0.3, -0.25) is 0 Å². The predicted octanol–water partition coefficient (Wildman–Crippen LogP) is 1.72. The van der Waals surface area contributed by atoms with Gasteiger partial charge in [-0.1, -0.05) is 11.6 Å². The minimum Gasteiger partial charge on any atom is -0.506 e. The van der Waals surface area contributed by atoms with Crippen LogP contribution in [0.25, 0.3) is 0 Å². The number of rotatable bonds is 3. The van der Waals surface area contributed by atoms with E-state index in [0.29, 0.717) is 30.2 Å². The number of aromatic hydroxyl groups is 1. The lowest BCUT2D eigenvalue weighted by Gasteiger charge is -2.25. The summed E-state index contributed by atoms with van der Waals surface area (Å²) in [5.41, 5.74) is 0.602. The van der Waals surface area contributed by atoms with Gasteiger partial charge in [-0.05, 0) is 6.07 Å². The van der Waals surface area contributed by atoms with Gasteiger partial charge in [-0.25, -0.2) is 0 Å². The van der Waals surface area contributed by atoms with Crippen molar-refractivity contribution in [3.8, 4) is 17.2 Å². The minimum absolute atomic E-state index is 0.0250. The van der Waals surface area contributed by atoms with Gasteiger partial charge in [0.1, 0.15) is 10.8 Å². The molecule has 0 spiro atoms. The molecule has 1 saturated heterocycles. The Morgan fingerprint density at radius 1 is 1.44 bits per heavy atom. The Hall–Kier alpha value is -1.17. The number of morpholine rings is 1. The number of phenols is 1. The van der Waals surface area contributed by atoms with Crippen molar-refractivity contribution >= 4 is 11.6 Å². The largest absolute Gasteiger partial charge is 0.506 e. The third-order valence-electron chi connectivity index (χ3n) is 2.89. The van der Waals surface area contributed by atoms with E-state index in [2.05, 4.69) is 5.32 Å². The molecule has 100 valence electrons. The third-order valence-corrected chi connectivity index (χ3v) is 3.24. The number of nitrogens with one attached hydrogen (secondary N) is 1. The molecule has 1 aromatic carbocycles. The molecule has 2 N–H and O–H groups in total. The van der Waals surface area contributed by atoms with Crippen molar-refractivity contribution in [1.82, 2.24) is 5.32 Å². The maximum atomic E-state index is 10.1. The quantitative estimate of drug-likeness (QED) is 0.878. The van der Waals surface area contributed by atoms with Crippen molar-refractivity contribution in [3.63, 3.8) is 0 Å². The number of benzene rings is 1. The van der Waals surface area contributed by atoms with Gasteiger partial charge in [-0.15, -0.1) is 0 Å². The second-order valence-corrected chi connectivity index (χ2v) is 4.31. The molecule has 1 aliphatic rings. The van der Waals surface area contributed by atoms with Gasteiger partial charge in [0.2, 0.25) is 0 Å². The van der Waals surface area contributed by atoms with Crippen molar-refractivity contribution < 1.29 is 19.3 Å². The average Bonchev–Trinajstić information content (AvgIpc) is 2.42. The zero-order valence-electron chi connectivity index (χ0n) is 10.3. The molecule has 5 nitrogen and oxygen atoms in total. The number of ether oxygens (including phenoxy) is 3. The van der Waals surface area contributed by atoms with Crippen LogP contribution in [0.2, 0.25) is 5.02 Å². The normalized spacial score (nSPS) is 19.6. The second-order valence-electron chi connectivity index (χ2n) is 3.93. The third kappa shape index (κ3) is 2.34. The lowest BCUT2D eigenvalue weighted by molar-refractivity contribution is 0.0261. The summed E-state index contributed by atoms with van der Waals surface area (Å²) in [4.78, 5) is 0. The second kappa shape index (κ2) is 5.65. The minimum atomic E-state index is -0.240. The Morgan fingerprint density at radius 3 is 2.78 bits per heavy atom. The average molecular weight is 274 g/mol. The molecule has 1 heterocycles. The summed E-state index contributed by atoms with van der Waals surface area (Å²) >= 11 is 6.07. The van der Waals surface area contributed by atoms with Crippen LogP contribution in [-0.4, -0.2) is 39.0 Å². The summed E-state index contributed by atoms with van der Waals surface area (Å²) in [7, 11) is 3.00. The van der Waals surface area contributed by atoms with Crippen LogP contribution in [0.15, 0.2) is 6.07 Å². The molecule has 0 aliphatic carbocycles. The monoisotopic (exact) mass is 273 g/mol. The van der Waals surface area contributed by atoms with E-state index in [9.17, 15) is 5.11 Å². The van der Waals surface area contributed by atoms with Crippen molar-refractivity contribution in [2.24, 2.45) is 0 Å². The van der Waals surface area contributed by atoms with Crippen LogP contribution in [0, 0.1) is 0 Å². The molecule has 1 aliphatic heterocycles. The molecule has 1 aromatic rings. The van der Waals surface area contributed by atoms with Crippen molar-refractivity contribution in [3.05, 3.63) is 16.7 Å². The SMILES string of the molecule is COc1cc(C2CNCCO2)c(O)c(Cl)c1OC. The highest BCUT2D eigenvalue weighted by Crippen LogP contribution is 2.45. The Labute approximate surface area is 111 Å². The molecular weight excluding hydrogens is 258 g/mol. The number of hydrogen-bond acceptors (Lipinski definition) is 5. The standard InChI is InChI=1S/C12H16ClNO4/c1-16-8-5-7(9-6-14-3-4-18-9)11(15)10(13)12(8)17-2/h5,9,14-15H,3-4,6H2,1-2H3. The Kier molecular flexibility index (Phi) is 4.16. The molecule has 1 fully saturated rings. The van der Waals surface area contributed by atoms with E-state index in [-0.39, 0.29) is 16.9 Å². The van der Waals surface area contributed by atoms with E-state index in [1.807, 2.05) is 0 Å². The smallest absolute Gasteiger partial charge is 0.183 e. The fourth-order valence-corrected chi connectivity index (χ4v) is 2.25. The summed E-state index contributed by atoms with van der Waals surface area (Å²) in [5, 5.41) is 13.4. The van der Waals surface area contributed by atoms with Gasteiger partial charge in [0, 0.05) is 18.7 Å². The first-order valence-corrected chi connectivity index (χ1v) is 6.02. The highest BCUT2D eigenvalue weighted by Gasteiger charge is 2.25. The molecule has 1 atom stereocenters. The molecule has 0 bridgehead atoms. The highest BCUT2D eigenvalue weighted by atomic mass is 35.5. The maximum Gasteiger partial charge on any atom is 0.183 e. The zero-order valence-corrected chi connectivity index (χ0v) is 11.1. The van der Waals surface area contributed by atoms with E-state index < -0.39 is 0 Å². The Balaban J connectivity index is 2.44. The predicted molar refractivity (Wildman–Crippen MR) is 67.8 cm³/mol. The van der Waals surface area contributed by atoms with Crippen LogP contribution < -0.4 is 14.8 Å². The van der Waals surface area contributed by atoms with Crippen molar-refractivity contribution in [2.75, 3.05) is 33.9 Å². The van der Waals surface area contributed by atoms with Gasteiger partial charge < -0.3 is 24.6 Å². The topological polar surface area (TPSA) is 60.0 Å². The summed E-state index contributed by atoms with van der Waals surface area (Å²) in [6.45, 7) is 2.02. The van der Waals surface area contributed by atoms with Gasteiger partial charge in [0.25, 0.3) is 0 Å². The van der Waals surface area contributed by atoms with E-state index in [4.69, 9.17) is 25.8 Å². The Bertz CT molecular complexity index is 433. The first-order chi connectivity index (χ1) is 8.69. The fraction of sp³-hybridized carbons (Fsp3) is 0.500. The summed E-state index contributed by atoms with van der Waals surface area (Å²) in [6, 6.07) is 1.69. The molecule has 0 amide bonds. The van der Waals surface area contributed by atoms with E-state index in [0.717, 1.165) is 6.54 Å². The lowest BCUT2D eigenvalue weighted by atomic mass is 10.1. The van der Waals surface area contributed by atoms with Crippen LogP contribution in [0.3, 0.4) is 0 Å². The number of phenolic OH excluding ortho intramolecular Hbond substituents is 1. The van der Waals surface area contributed by atoms with E-state index >= 15 is 0 Å². The fourth-order valence-electron chi connectivity index (χ4n) is 1.97. The number of halogens is 1. The number of hydrogen-bond donors (Lipinski definition) is 2. The molecular formula is C12H16ClNO4. The van der Waals surface area contributed by atoms with Gasteiger partial charge in [0.15, 0.2) is 11.5 Å². The van der Waals surface area contributed by atoms with Crippen LogP contribution in [0.4, 0.5) is 0 Å². The van der Waals surface area contributed by atoms with Gasteiger partial charge in [0.05, 0.1) is 26.9 Å². The first-order valence-electron chi connectivity index (χ1n) is 5.64. The van der Waals surface area contributed by atoms with Gasteiger partial charge in [-0.2, -0.15) is 0 Å². The van der Waals surface area contributed by atoms with Crippen LogP contribution in [0.1, 0.15) is 11.7 Å². The van der Waals surface area contributed by atoms with E-state index in [1.165, 1.54) is 14.2 Å².